The van der Waals surface area contributed by atoms with E-state index < -0.39 is 0 Å². The monoisotopic (exact) mass is 445 g/mol. The van der Waals surface area contributed by atoms with Gasteiger partial charge in [-0.15, -0.1) is 11.3 Å². The average molecular weight is 446 g/mol. The molecule has 4 rings (SSSR count). The highest BCUT2D eigenvalue weighted by atomic mass is 32.1. The number of thiophene rings is 1. The molecule has 0 fully saturated rings. The molecule has 0 unspecified atom stereocenters. The van der Waals surface area contributed by atoms with Gasteiger partial charge in [0.15, 0.2) is 5.78 Å². The topological polar surface area (TPSA) is 81.1 Å². The Morgan fingerprint density at radius 3 is 2.38 bits per heavy atom. The summed E-state index contributed by atoms with van der Waals surface area (Å²) in [6, 6.07) is 13.0. The van der Waals surface area contributed by atoms with Crippen LogP contribution in [0.4, 0.5) is 5.69 Å². The van der Waals surface area contributed by atoms with Crippen molar-refractivity contribution in [3.63, 3.8) is 0 Å². The predicted octanol–water partition coefficient (Wildman–Crippen LogP) is 4.83. The summed E-state index contributed by atoms with van der Waals surface area (Å²) in [4.78, 5) is 43.9. The minimum Gasteiger partial charge on any atom is -0.321 e. The van der Waals surface area contributed by atoms with Crippen LogP contribution in [0, 0.1) is 27.7 Å². The van der Waals surface area contributed by atoms with E-state index in [0.717, 1.165) is 22.4 Å². The molecule has 1 N–H and O–H groups in total. The molecule has 0 saturated heterocycles. The molecule has 2 heterocycles. The van der Waals surface area contributed by atoms with Gasteiger partial charge in [-0.2, -0.15) is 0 Å². The third-order valence-corrected chi connectivity index (χ3v) is 6.64. The van der Waals surface area contributed by atoms with E-state index in [4.69, 9.17) is 0 Å². The summed E-state index contributed by atoms with van der Waals surface area (Å²) in [6.45, 7) is 7.51. The van der Waals surface area contributed by atoms with Crippen LogP contribution >= 0.6 is 11.3 Å². The maximum atomic E-state index is 13.1. The van der Waals surface area contributed by atoms with Crippen molar-refractivity contribution >= 4 is 38.9 Å². The Morgan fingerprint density at radius 1 is 1.00 bits per heavy atom. The number of amides is 1. The van der Waals surface area contributed by atoms with Gasteiger partial charge < -0.3 is 5.32 Å². The summed E-state index contributed by atoms with van der Waals surface area (Å²) in [5.74, 6) is -0.451. The number of carbonyl (C=O) groups excluding carboxylic acids is 2. The molecule has 0 saturated carbocycles. The third kappa shape index (κ3) is 4.11. The van der Waals surface area contributed by atoms with Crippen molar-refractivity contribution in [2.75, 3.05) is 5.32 Å². The quantitative estimate of drug-likeness (QED) is 0.446. The maximum Gasteiger partial charge on any atom is 0.266 e. The molecular formula is C25H23N3O3S. The molecule has 0 radical (unpaired) electrons. The van der Waals surface area contributed by atoms with Gasteiger partial charge in [0.25, 0.3) is 11.5 Å². The molecule has 0 aliphatic heterocycles. The number of anilines is 1. The summed E-state index contributed by atoms with van der Waals surface area (Å²) in [6.07, 6.45) is 1.37. The molecule has 6 nitrogen and oxygen atoms in total. The lowest BCUT2D eigenvalue weighted by Gasteiger charge is -2.08. The molecule has 2 aromatic heterocycles. The van der Waals surface area contributed by atoms with Crippen molar-refractivity contribution < 1.29 is 9.59 Å². The van der Waals surface area contributed by atoms with Crippen LogP contribution in [-0.4, -0.2) is 21.2 Å². The third-order valence-electron chi connectivity index (χ3n) is 5.44. The van der Waals surface area contributed by atoms with Gasteiger partial charge in [0.05, 0.1) is 23.1 Å². The minimum atomic E-state index is -0.324. The van der Waals surface area contributed by atoms with Crippen molar-refractivity contribution in [3.8, 4) is 0 Å². The molecule has 0 atom stereocenters. The number of hydrogen-bond donors (Lipinski definition) is 1. The lowest BCUT2D eigenvalue weighted by molar-refractivity contribution is 0.0969. The molecule has 1 amide bonds. The summed E-state index contributed by atoms with van der Waals surface area (Å²) in [5.41, 5.74) is 4.65. The Labute approximate surface area is 189 Å². The lowest BCUT2D eigenvalue weighted by atomic mass is 10.1. The first-order valence-electron chi connectivity index (χ1n) is 10.2. The van der Waals surface area contributed by atoms with Gasteiger partial charge in [-0.1, -0.05) is 47.5 Å². The Bertz CT molecular complexity index is 1420. The second-order valence-electron chi connectivity index (χ2n) is 7.98. The van der Waals surface area contributed by atoms with E-state index in [-0.39, 0.29) is 23.8 Å². The van der Waals surface area contributed by atoms with E-state index in [1.807, 2.05) is 51.1 Å². The SMILES string of the molecule is Cc1ccc(C(=O)Cn2cnc3sc(C(=O)Nc4ccc(C)cc4C)c(C)c3c2=O)cc1. The Balaban J connectivity index is 1.64. The van der Waals surface area contributed by atoms with Gasteiger partial charge in [0.2, 0.25) is 0 Å². The van der Waals surface area contributed by atoms with E-state index in [1.165, 1.54) is 22.2 Å². The Hall–Kier alpha value is -3.58. The summed E-state index contributed by atoms with van der Waals surface area (Å²) < 4.78 is 1.30. The normalized spacial score (nSPS) is 11.0. The zero-order valence-electron chi connectivity index (χ0n) is 18.4. The number of aryl methyl sites for hydroxylation is 4. The van der Waals surface area contributed by atoms with Crippen LogP contribution in [0.1, 0.15) is 42.3 Å². The first kappa shape index (κ1) is 21.6. The van der Waals surface area contributed by atoms with E-state index in [2.05, 4.69) is 10.3 Å². The van der Waals surface area contributed by atoms with Crippen LogP contribution in [0.25, 0.3) is 10.2 Å². The molecule has 4 aromatic rings. The van der Waals surface area contributed by atoms with Crippen LogP contribution in [0.2, 0.25) is 0 Å². The number of benzene rings is 2. The zero-order valence-corrected chi connectivity index (χ0v) is 19.2. The fourth-order valence-corrected chi connectivity index (χ4v) is 4.64. The van der Waals surface area contributed by atoms with Crippen LogP contribution in [-0.2, 0) is 6.54 Å². The van der Waals surface area contributed by atoms with E-state index >= 15 is 0 Å². The van der Waals surface area contributed by atoms with Crippen molar-refractivity contribution in [2.24, 2.45) is 0 Å². The highest BCUT2D eigenvalue weighted by Gasteiger charge is 2.21. The number of aromatic nitrogens is 2. The molecule has 0 spiro atoms. The van der Waals surface area contributed by atoms with E-state index in [0.29, 0.717) is 26.2 Å². The maximum absolute atomic E-state index is 13.1. The van der Waals surface area contributed by atoms with Crippen molar-refractivity contribution in [1.82, 2.24) is 9.55 Å². The molecule has 0 aliphatic rings. The first-order valence-corrected chi connectivity index (χ1v) is 11.0. The molecular weight excluding hydrogens is 422 g/mol. The lowest BCUT2D eigenvalue weighted by Crippen LogP contribution is -2.24. The Morgan fingerprint density at radius 2 is 1.69 bits per heavy atom. The van der Waals surface area contributed by atoms with Crippen LogP contribution in [0.5, 0.6) is 0 Å². The van der Waals surface area contributed by atoms with Crippen molar-refractivity contribution in [3.05, 3.63) is 91.8 Å². The standard InChI is InChI=1S/C25H23N3O3S/c1-14-5-8-18(9-6-14)20(29)12-28-13-26-24-21(25(28)31)17(4)22(32-24)23(30)27-19-10-7-15(2)11-16(19)3/h5-11,13H,12H2,1-4H3,(H,27,30). The number of nitrogens with zero attached hydrogens (tertiary/aromatic N) is 2. The Kier molecular flexibility index (Phi) is 5.76. The molecule has 32 heavy (non-hydrogen) atoms. The smallest absolute Gasteiger partial charge is 0.266 e. The second kappa shape index (κ2) is 8.51. The van der Waals surface area contributed by atoms with Crippen LogP contribution < -0.4 is 10.9 Å². The number of hydrogen-bond acceptors (Lipinski definition) is 5. The van der Waals surface area contributed by atoms with Gasteiger partial charge in [-0.25, -0.2) is 4.98 Å². The number of ketones is 1. The number of fused-ring (bicyclic) bond motifs is 1. The fourth-order valence-electron chi connectivity index (χ4n) is 3.61. The molecule has 162 valence electrons. The average Bonchev–Trinajstić information content (AvgIpc) is 3.10. The van der Waals surface area contributed by atoms with Crippen LogP contribution in [0.15, 0.2) is 53.6 Å². The number of Topliss-reactive ketones (excluding diaryl/α,β-unsaturated/α-hetero) is 1. The van der Waals surface area contributed by atoms with Gasteiger partial charge >= 0.3 is 0 Å². The first-order chi connectivity index (χ1) is 15.2. The highest BCUT2D eigenvalue weighted by molar-refractivity contribution is 7.20. The van der Waals surface area contributed by atoms with E-state index in [9.17, 15) is 14.4 Å². The van der Waals surface area contributed by atoms with Crippen molar-refractivity contribution in [1.29, 1.82) is 0 Å². The van der Waals surface area contributed by atoms with E-state index in [1.54, 1.807) is 19.1 Å². The number of nitrogens with one attached hydrogen (secondary N) is 1. The second-order valence-corrected chi connectivity index (χ2v) is 8.97. The van der Waals surface area contributed by atoms with Crippen molar-refractivity contribution in [2.45, 2.75) is 34.2 Å². The van der Waals surface area contributed by atoms with Crippen LogP contribution in [0.3, 0.4) is 0 Å². The molecule has 2 aromatic carbocycles. The highest BCUT2D eigenvalue weighted by Crippen LogP contribution is 2.28. The molecule has 0 aliphatic carbocycles. The number of carbonyl (C=O) groups is 2. The summed E-state index contributed by atoms with van der Waals surface area (Å²) >= 11 is 1.18. The molecule has 7 heteroatoms. The fraction of sp³-hybridized carbons (Fsp3) is 0.200. The van der Waals surface area contributed by atoms with Gasteiger partial charge in [-0.05, 0) is 44.9 Å². The van der Waals surface area contributed by atoms with Gasteiger partial charge in [0, 0.05) is 11.3 Å². The molecule has 0 bridgehead atoms. The number of rotatable bonds is 5. The summed E-state index contributed by atoms with van der Waals surface area (Å²) in [7, 11) is 0. The van der Waals surface area contributed by atoms with Gasteiger partial charge in [0.1, 0.15) is 4.83 Å². The summed E-state index contributed by atoms with van der Waals surface area (Å²) in [5, 5.41) is 3.30. The predicted molar refractivity (Wildman–Crippen MR) is 128 cm³/mol. The largest absolute Gasteiger partial charge is 0.321 e. The zero-order chi connectivity index (χ0) is 23.0. The van der Waals surface area contributed by atoms with Gasteiger partial charge in [-0.3, -0.25) is 19.0 Å². The minimum absolute atomic E-state index is 0.107.